The maximum absolute atomic E-state index is 14.0. The first-order valence-corrected chi connectivity index (χ1v) is 7.73. The summed E-state index contributed by atoms with van der Waals surface area (Å²) in [6, 6.07) is 4.82. The predicted octanol–water partition coefficient (Wildman–Crippen LogP) is 1.38. The van der Waals surface area contributed by atoms with Gasteiger partial charge in [-0.25, -0.2) is 14.2 Å². The van der Waals surface area contributed by atoms with Gasteiger partial charge in [0.2, 0.25) is 5.95 Å². The molecule has 0 aliphatic carbocycles. The zero-order valence-electron chi connectivity index (χ0n) is 13.3. The first-order chi connectivity index (χ1) is 11.6. The Morgan fingerprint density at radius 1 is 1.42 bits per heavy atom. The summed E-state index contributed by atoms with van der Waals surface area (Å²) in [7, 11) is 0. The lowest BCUT2D eigenvalue weighted by molar-refractivity contribution is 0.598. The van der Waals surface area contributed by atoms with E-state index in [-0.39, 0.29) is 18.1 Å². The van der Waals surface area contributed by atoms with Gasteiger partial charge in [0.15, 0.2) is 5.65 Å². The van der Waals surface area contributed by atoms with Gasteiger partial charge in [0, 0.05) is 12.1 Å². The SMILES string of the molecule is Cc1ccc(F)c(Cn2c(=O)[nH]c3cnc(NCCCN)nc32)c1. The molecule has 0 bridgehead atoms. The Labute approximate surface area is 137 Å². The van der Waals surface area contributed by atoms with Gasteiger partial charge in [-0.3, -0.25) is 4.57 Å². The van der Waals surface area contributed by atoms with E-state index in [1.165, 1.54) is 16.8 Å². The zero-order chi connectivity index (χ0) is 17.1. The normalized spacial score (nSPS) is 11.1. The summed E-state index contributed by atoms with van der Waals surface area (Å²) in [4.78, 5) is 23.4. The van der Waals surface area contributed by atoms with E-state index in [0.29, 0.717) is 35.8 Å². The molecule has 24 heavy (non-hydrogen) atoms. The minimum Gasteiger partial charge on any atom is -0.354 e. The molecule has 0 radical (unpaired) electrons. The van der Waals surface area contributed by atoms with Gasteiger partial charge in [-0.1, -0.05) is 17.7 Å². The minimum atomic E-state index is -0.350. The molecule has 8 heteroatoms. The van der Waals surface area contributed by atoms with Crippen LogP contribution in [0.1, 0.15) is 17.5 Å². The topological polar surface area (TPSA) is 102 Å². The van der Waals surface area contributed by atoms with Crippen molar-refractivity contribution in [2.45, 2.75) is 19.9 Å². The molecule has 0 atom stereocenters. The molecule has 0 saturated carbocycles. The summed E-state index contributed by atoms with van der Waals surface area (Å²) < 4.78 is 15.4. The third kappa shape index (κ3) is 3.28. The average molecular weight is 330 g/mol. The lowest BCUT2D eigenvalue weighted by atomic mass is 10.1. The number of hydrogen-bond donors (Lipinski definition) is 3. The third-order valence-electron chi connectivity index (χ3n) is 3.70. The van der Waals surface area contributed by atoms with Crippen molar-refractivity contribution in [3.05, 3.63) is 51.8 Å². The summed E-state index contributed by atoms with van der Waals surface area (Å²) in [6.07, 6.45) is 2.33. The van der Waals surface area contributed by atoms with E-state index in [4.69, 9.17) is 5.73 Å². The number of benzene rings is 1. The second kappa shape index (κ2) is 6.79. The summed E-state index contributed by atoms with van der Waals surface area (Å²) in [5.74, 6) is 0.0608. The van der Waals surface area contributed by atoms with Crippen LogP contribution in [0.15, 0.2) is 29.2 Å². The lowest BCUT2D eigenvalue weighted by Gasteiger charge is -2.07. The van der Waals surface area contributed by atoms with Crippen molar-refractivity contribution < 1.29 is 4.39 Å². The van der Waals surface area contributed by atoms with E-state index in [1.807, 2.05) is 6.92 Å². The maximum Gasteiger partial charge on any atom is 0.328 e. The molecule has 0 aliphatic heterocycles. The highest BCUT2D eigenvalue weighted by Gasteiger charge is 2.12. The van der Waals surface area contributed by atoms with E-state index in [2.05, 4.69) is 20.3 Å². The Morgan fingerprint density at radius 2 is 2.25 bits per heavy atom. The van der Waals surface area contributed by atoms with Crippen LogP contribution < -0.4 is 16.7 Å². The maximum atomic E-state index is 14.0. The van der Waals surface area contributed by atoms with E-state index in [0.717, 1.165) is 12.0 Å². The Balaban J connectivity index is 1.97. The number of nitrogens with two attached hydrogens (primary N) is 1. The van der Waals surface area contributed by atoms with Crippen LogP contribution in [0, 0.1) is 12.7 Å². The number of halogens is 1. The molecule has 4 N–H and O–H groups in total. The third-order valence-corrected chi connectivity index (χ3v) is 3.70. The molecule has 2 heterocycles. The van der Waals surface area contributed by atoms with Gasteiger partial charge in [0.05, 0.1) is 12.7 Å². The van der Waals surface area contributed by atoms with Gasteiger partial charge in [-0.05, 0) is 26.0 Å². The second-order valence-electron chi connectivity index (χ2n) is 5.61. The smallest absolute Gasteiger partial charge is 0.328 e. The number of imidazole rings is 1. The molecule has 0 unspecified atom stereocenters. The molecule has 1 aromatic carbocycles. The molecule has 0 aliphatic rings. The van der Waals surface area contributed by atoms with Gasteiger partial charge in [0.1, 0.15) is 11.3 Å². The number of aryl methyl sites for hydroxylation is 1. The van der Waals surface area contributed by atoms with Crippen molar-refractivity contribution in [2.75, 3.05) is 18.4 Å². The summed E-state index contributed by atoms with van der Waals surface area (Å²) in [6.45, 7) is 3.19. The average Bonchev–Trinajstić information content (AvgIpc) is 2.87. The molecule has 0 amide bonds. The summed E-state index contributed by atoms with van der Waals surface area (Å²) >= 11 is 0. The molecule has 3 rings (SSSR count). The van der Waals surface area contributed by atoms with Gasteiger partial charge >= 0.3 is 5.69 Å². The summed E-state index contributed by atoms with van der Waals surface area (Å²) in [5, 5.41) is 3.05. The van der Waals surface area contributed by atoms with Gasteiger partial charge < -0.3 is 16.0 Å². The second-order valence-corrected chi connectivity index (χ2v) is 5.61. The molecule has 126 valence electrons. The van der Waals surface area contributed by atoms with Crippen molar-refractivity contribution >= 4 is 17.1 Å². The van der Waals surface area contributed by atoms with Crippen LogP contribution >= 0.6 is 0 Å². The fourth-order valence-electron chi connectivity index (χ4n) is 2.47. The zero-order valence-corrected chi connectivity index (χ0v) is 13.3. The monoisotopic (exact) mass is 330 g/mol. The molecular weight excluding hydrogens is 311 g/mol. The number of aromatic amines is 1. The van der Waals surface area contributed by atoms with Crippen molar-refractivity contribution in [1.82, 2.24) is 19.5 Å². The van der Waals surface area contributed by atoms with Crippen molar-refractivity contribution in [3.8, 4) is 0 Å². The highest BCUT2D eigenvalue weighted by Crippen LogP contribution is 2.14. The Kier molecular flexibility index (Phi) is 4.57. The number of anilines is 1. The number of hydrogen-bond acceptors (Lipinski definition) is 5. The molecule has 7 nitrogen and oxygen atoms in total. The number of aromatic nitrogens is 4. The number of rotatable bonds is 6. The Morgan fingerprint density at radius 3 is 3.04 bits per heavy atom. The van der Waals surface area contributed by atoms with Crippen LogP contribution in [-0.2, 0) is 6.54 Å². The molecule has 0 saturated heterocycles. The number of nitrogens with one attached hydrogen (secondary N) is 2. The number of nitrogens with zero attached hydrogens (tertiary/aromatic N) is 3. The van der Waals surface area contributed by atoms with Crippen LogP contribution in [0.3, 0.4) is 0 Å². The van der Waals surface area contributed by atoms with E-state index in [9.17, 15) is 9.18 Å². The highest BCUT2D eigenvalue weighted by atomic mass is 19.1. The van der Waals surface area contributed by atoms with Crippen molar-refractivity contribution in [3.63, 3.8) is 0 Å². The molecule has 3 aromatic rings. The Bertz CT molecular complexity index is 917. The molecule has 2 aromatic heterocycles. The summed E-state index contributed by atoms with van der Waals surface area (Å²) in [5.41, 5.74) is 7.42. The fourth-order valence-corrected chi connectivity index (χ4v) is 2.47. The number of H-pyrrole nitrogens is 1. The first-order valence-electron chi connectivity index (χ1n) is 7.73. The van der Waals surface area contributed by atoms with E-state index in [1.54, 1.807) is 12.1 Å². The van der Waals surface area contributed by atoms with Crippen molar-refractivity contribution in [2.24, 2.45) is 5.73 Å². The van der Waals surface area contributed by atoms with Gasteiger partial charge in [0.25, 0.3) is 0 Å². The van der Waals surface area contributed by atoms with Crippen LogP contribution in [0.5, 0.6) is 0 Å². The first kappa shape index (κ1) is 16.1. The largest absolute Gasteiger partial charge is 0.354 e. The van der Waals surface area contributed by atoms with E-state index < -0.39 is 0 Å². The van der Waals surface area contributed by atoms with E-state index >= 15 is 0 Å². The van der Waals surface area contributed by atoms with Crippen molar-refractivity contribution in [1.29, 1.82) is 0 Å². The Hall–Kier alpha value is -2.74. The number of fused-ring (bicyclic) bond motifs is 1. The minimum absolute atomic E-state index is 0.103. The van der Waals surface area contributed by atoms with Gasteiger partial charge in [-0.2, -0.15) is 4.98 Å². The standard InChI is InChI=1S/C16H19FN6O/c1-10-3-4-12(17)11(7-10)9-23-14-13(21-16(23)24)8-20-15(22-14)19-6-2-5-18/h3-4,7-8H,2,5-6,9,18H2,1H3,(H,21,24)(H,19,20,22). The predicted molar refractivity (Wildman–Crippen MR) is 90.5 cm³/mol. The lowest BCUT2D eigenvalue weighted by Crippen LogP contribution is -2.18. The molecule has 0 fully saturated rings. The van der Waals surface area contributed by atoms with Gasteiger partial charge in [-0.15, -0.1) is 0 Å². The molecule has 0 spiro atoms. The van der Waals surface area contributed by atoms with Crippen LogP contribution in [0.4, 0.5) is 10.3 Å². The highest BCUT2D eigenvalue weighted by molar-refractivity contribution is 5.71. The van der Waals surface area contributed by atoms with Crippen LogP contribution in [0.25, 0.3) is 11.2 Å². The molecular formula is C16H19FN6O. The van der Waals surface area contributed by atoms with Crippen LogP contribution in [0.2, 0.25) is 0 Å². The fraction of sp³-hybridized carbons (Fsp3) is 0.312. The quantitative estimate of drug-likeness (QED) is 0.593. The van der Waals surface area contributed by atoms with Crippen LogP contribution in [-0.4, -0.2) is 32.6 Å².